The number of pyridine rings is 1. The molecule has 2 atom stereocenters. The van der Waals surface area contributed by atoms with Crippen LogP contribution >= 0.6 is 0 Å². The zero-order valence-electron chi connectivity index (χ0n) is 13.7. The zero-order valence-corrected chi connectivity index (χ0v) is 13.7. The van der Waals surface area contributed by atoms with E-state index in [0.29, 0.717) is 30.5 Å². The van der Waals surface area contributed by atoms with E-state index in [1.165, 1.54) is 12.1 Å². The van der Waals surface area contributed by atoms with Gasteiger partial charge in [-0.3, -0.25) is 4.79 Å². The summed E-state index contributed by atoms with van der Waals surface area (Å²) in [6.45, 7) is 3.03. The number of nitrogens with one attached hydrogen (secondary N) is 1. The van der Waals surface area contributed by atoms with Gasteiger partial charge in [0.2, 0.25) is 0 Å². The average molecular weight is 343 g/mol. The maximum atomic E-state index is 13.7. The predicted octanol–water partition coefficient (Wildman–Crippen LogP) is 2.52. The van der Waals surface area contributed by atoms with Crippen molar-refractivity contribution in [2.24, 2.45) is 0 Å². The Morgan fingerprint density at radius 2 is 2.20 bits per heavy atom. The van der Waals surface area contributed by atoms with Crippen molar-refractivity contribution >= 4 is 17.5 Å². The van der Waals surface area contributed by atoms with E-state index in [4.69, 9.17) is 9.47 Å². The molecule has 1 N–H and O–H groups in total. The topological polar surface area (TPSA) is 63.7 Å². The van der Waals surface area contributed by atoms with E-state index in [9.17, 15) is 9.18 Å². The molecule has 0 bridgehead atoms. The molecule has 2 aliphatic heterocycles. The van der Waals surface area contributed by atoms with Gasteiger partial charge in [0.1, 0.15) is 11.6 Å². The summed E-state index contributed by atoms with van der Waals surface area (Å²) >= 11 is 0. The monoisotopic (exact) mass is 343 g/mol. The number of hydrogen-bond acceptors (Lipinski definition) is 5. The van der Waals surface area contributed by atoms with Crippen LogP contribution in [-0.2, 0) is 9.53 Å². The second-order valence-corrected chi connectivity index (χ2v) is 6.22. The highest BCUT2D eigenvalue weighted by molar-refractivity contribution is 5.94. The molecule has 0 spiro atoms. The van der Waals surface area contributed by atoms with E-state index in [1.807, 2.05) is 19.1 Å². The number of ether oxygens (including phenoxy) is 2. The first-order chi connectivity index (χ1) is 12.1. The van der Waals surface area contributed by atoms with Gasteiger partial charge in [0.05, 0.1) is 18.8 Å². The van der Waals surface area contributed by atoms with Crippen molar-refractivity contribution in [1.82, 2.24) is 4.98 Å². The van der Waals surface area contributed by atoms with Crippen LogP contribution in [0, 0.1) is 5.82 Å². The van der Waals surface area contributed by atoms with Gasteiger partial charge in [-0.25, -0.2) is 9.37 Å². The largest absolute Gasteiger partial charge is 0.480 e. The molecule has 4 rings (SSSR count). The Kier molecular flexibility index (Phi) is 4.01. The summed E-state index contributed by atoms with van der Waals surface area (Å²) in [6.07, 6.45) is 0.0217. The molecule has 2 aromatic rings. The minimum absolute atomic E-state index is 0.00542. The summed E-state index contributed by atoms with van der Waals surface area (Å²) in [5, 5.41) is 2.72. The molecule has 0 aliphatic carbocycles. The molecular weight excluding hydrogens is 325 g/mol. The molecule has 7 heteroatoms. The van der Waals surface area contributed by atoms with Gasteiger partial charge in [0, 0.05) is 6.54 Å². The number of nitrogens with zero attached hydrogens (tertiary/aromatic N) is 2. The number of benzene rings is 1. The maximum absolute atomic E-state index is 13.7. The van der Waals surface area contributed by atoms with Gasteiger partial charge in [0.15, 0.2) is 18.2 Å². The fraction of sp³-hybridized carbons (Fsp3) is 0.333. The van der Waals surface area contributed by atoms with Gasteiger partial charge < -0.3 is 19.7 Å². The molecular formula is C18H18FN3O3. The fourth-order valence-corrected chi connectivity index (χ4v) is 3.16. The molecule has 0 radical (unpaired) electrons. The molecule has 1 fully saturated rings. The third kappa shape index (κ3) is 3.15. The van der Waals surface area contributed by atoms with E-state index in [0.717, 1.165) is 5.56 Å². The van der Waals surface area contributed by atoms with Gasteiger partial charge in [-0.1, -0.05) is 12.1 Å². The Labute approximate surface area is 144 Å². The number of carbonyl (C=O) groups is 1. The molecule has 1 amide bonds. The fourth-order valence-electron chi connectivity index (χ4n) is 3.16. The first-order valence-corrected chi connectivity index (χ1v) is 8.17. The minimum atomic E-state index is -0.282. The lowest BCUT2D eigenvalue weighted by Gasteiger charge is -2.40. The first-order valence-electron chi connectivity index (χ1n) is 8.17. The number of amides is 1. The lowest BCUT2D eigenvalue weighted by Crippen LogP contribution is -2.44. The number of anilines is 2. The number of carbonyl (C=O) groups excluding carboxylic acids is 1. The summed E-state index contributed by atoms with van der Waals surface area (Å²) in [4.78, 5) is 18.2. The van der Waals surface area contributed by atoms with Crippen LogP contribution in [0.15, 0.2) is 36.4 Å². The molecule has 1 aromatic heterocycles. The number of hydrogen-bond donors (Lipinski definition) is 1. The number of morpholine rings is 1. The predicted molar refractivity (Wildman–Crippen MR) is 90.3 cm³/mol. The van der Waals surface area contributed by atoms with Crippen LogP contribution in [0.4, 0.5) is 16.0 Å². The third-order valence-electron chi connectivity index (χ3n) is 4.36. The molecule has 1 aromatic carbocycles. The van der Waals surface area contributed by atoms with Crippen molar-refractivity contribution in [3.05, 3.63) is 47.8 Å². The van der Waals surface area contributed by atoms with E-state index >= 15 is 0 Å². The Balaban J connectivity index is 1.70. The molecule has 2 unspecified atom stereocenters. The van der Waals surface area contributed by atoms with Crippen molar-refractivity contribution < 1.29 is 18.7 Å². The van der Waals surface area contributed by atoms with Gasteiger partial charge in [-0.2, -0.15) is 0 Å². The van der Waals surface area contributed by atoms with Crippen molar-refractivity contribution in [2.45, 2.75) is 19.1 Å². The van der Waals surface area contributed by atoms with E-state index in [1.54, 1.807) is 12.1 Å². The lowest BCUT2D eigenvalue weighted by molar-refractivity contribution is -0.118. The number of fused-ring (bicyclic) bond motifs is 1. The molecule has 2 aliphatic rings. The second kappa shape index (κ2) is 6.33. The highest BCUT2D eigenvalue weighted by Gasteiger charge is 2.30. The zero-order chi connectivity index (χ0) is 17.4. The molecule has 25 heavy (non-hydrogen) atoms. The summed E-state index contributed by atoms with van der Waals surface area (Å²) in [6, 6.07) is 9.99. The lowest BCUT2D eigenvalue weighted by atomic mass is 10.0. The van der Waals surface area contributed by atoms with Crippen molar-refractivity contribution in [1.29, 1.82) is 0 Å². The number of halogens is 1. The Morgan fingerprint density at radius 1 is 1.32 bits per heavy atom. The van der Waals surface area contributed by atoms with Crippen LogP contribution in [0.5, 0.6) is 5.75 Å². The normalized spacial score (nSPS) is 22.8. The van der Waals surface area contributed by atoms with Crippen LogP contribution in [0.2, 0.25) is 0 Å². The molecule has 1 saturated heterocycles. The molecule has 6 nitrogen and oxygen atoms in total. The quantitative estimate of drug-likeness (QED) is 0.908. The van der Waals surface area contributed by atoms with Crippen LogP contribution in [-0.4, -0.2) is 36.8 Å². The molecule has 3 heterocycles. The SMILES string of the molecule is CC1CN(c2ccc3c(n2)NC(=O)CO3)C(c2cccc(F)c2)CO1. The Bertz CT molecular complexity index is 814. The van der Waals surface area contributed by atoms with E-state index in [2.05, 4.69) is 15.2 Å². The van der Waals surface area contributed by atoms with Crippen LogP contribution in [0.3, 0.4) is 0 Å². The molecule has 130 valence electrons. The summed E-state index contributed by atoms with van der Waals surface area (Å²) in [7, 11) is 0. The van der Waals surface area contributed by atoms with Gasteiger partial charge >= 0.3 is 0 Å². The van der Waals surface area contributed by atoms with Crippen molar-refractivity contribution in [3.63, 3.8) is 0 Å². The van der Waals surface area contributed by atoms with Crippen LogP contribution < -0.4 is 15.0 Å². The smallest absolute Gasteiger partial charge is 0.263 e. The first kappa shape index (κ1) is 15.8. The number of aromatic nitrogens is 1. The van der Waals surface area contributed by atoms with Crippen LogP contribution in [0.1, 0.15) is 18.5 Å². The standard InChI is InChI=1S/C18H18FN3O3/c1-11-8-22(14(9-24-11)12-3-2-4-13(19)7-12)16-6-5-15-18(20-16)21-17(23)10-25-15/h2-7,11,14H,8-10H2,1H3,(H,20,21,23). The average Bonchev–Trinajstić information content (AvgIpc) is 2.61. The Morgan fingerprint density at radius 3 is 3.04 bits per heavy atom. The minimum Gasteiger partial charge on any atom is -0.480 e. The highest BCUT2D eigenvalue weighted by atomic mass is 19.1. The second-order valence-electron chi connectivity index (χ2n) is 6.22. The highest BCUT2D eigenvalue weighted by Crippen LogP contribution is 2.34. The summed E-state index contributed by atoms with van der Waals surface area (Å²) in [5.74, 6) is 1.14. The third-order valence-corrected chi connectivity index (χ3v) is 4.36. The maximum Gasteiger partial charge on any atom is 0.263 e. The van der Waals surface area contributed by atoms with Gasteiger partial charge in [-0.15, -0.1) is 0 Å². The summed E-state index contributed by atoms with van der Waals surface area (Å²) < 4.78 is 24.8. The van der Waals surface area contributed by atoms with Gasteiger partial charge in [-0.05, 0) is 36.8 Å². The summed E-state index contributed by atoms with van der Waals surface area (Å²) in [5.41, 5.74) is 0.826. The van der Waals surface area contributed by atoms with Crippen molar-refractivity contribution in [2.75, 3.05) is 30.0 Å². The van der Waals surface area contributed by atoms with Crippen molar-refractivity contribution in [3.8, 4) is 5.75 Å². The molecule has 0 saturated carbocycles. The van der Waals surface area contributed by atoms with Gasteiger partial charge in [0.25, 0.3) is 5.91 Å². The van der Waals surface area contributed by atoms with E-state index in [-0.39, 0.29) is 30.5 Å². The number of rotatable bonds is 2. The Hall–Kier alpha value is -2.67. The van der Waals surface area contributed by atoms with E-state index < -0.39 is 0 Å². The van der Waals surface area contributed by atoms with Crippen LogP contribution in [0.25, 0.3) is 0 Å².